The number of carbonyl (C=O) groups is 1. The fraction of sp³-hybridized carbons (Fsp3) is 0.333. The summed E-state index contributed by atoms with van der Waals surface area (Å²) < 4.78 is 7.21. The topological polar surface area (TPSA) is 68.5 Å². The first-order valence-corrected chi connectivity index (χ1v) is 6.50. The number of carboxylic acids is 1. The van der Waals surface area contributed by atoms with Crippen LogP contribution in [0.5, 0.6) is 5.75 Å². The van der Waals surface area contributed by atoms with Crippen LogP contribution >= 0.6 is 0 Å². The van der Waals surface area contributed by atoms with Gasteiger partial charge in [-0.2, -0.15) is 0 Å². The number of nitrogens with zero attached hydrogens (tertiary/aromatic N) is 1. The molecule has 0 atom stereocenters. The van der Waals surface area contributed by atoms with E-state index in [9.17, 15) is 14.7 Å². The van der Waals surface area contributed by atoms with Gasteiger partial charge in [-0.25, -0.2) is 4.79 Å². The molecule has 1 aliphatic carbocycles. The monoisotopic (exact) mass is 273 g/mol. The maximum atomic E-state index is 12.3. The predicted molar refractivity (Wildman–Crippen MR) is 74.7 cm³/mol. The van der Waals surface area contributed by atoms with Crippen molar-refractivity contribution in [1.82, 2.24) is 4.57 Å². The molecule has 1 heterocycles. The Labute approximate surface area is 115 Å². The molecule has 5 heteroatoms. The number of ether oxygens (including phenoxy) is 1. The van der Waals surface area contributed by atoms with Gasteiger partial charge in [0.05, 0.1) is 12.6 Å². The second kappa shape index (κ2) is 4.37. The van der Waals surface area contributed by atoms with E-state index in [0.29, 0.717) is 11.1 Å². The van der Waals surface area contributed by atoms with Gasteiger partial charge in [0.2, 0.25) is 5.43 Å². The summed E-state index contributed by atoms with van der Waals surface area (Å²) in [6.07, 6.45) is 3.48. The fourth-order valence-electron chi connectivity index (χ4n) is 2.62. The highest BCUT2D eigenvalue weighted by atomic mass is 16.5. The predicted octanol–water partition coefficient (Wildman–Crippen LogP) is 2.35. The van der Waals surface area contributed by atoms with Gasteiger partial charge in [-0.05, 0) is 31.9 Å². The zero-order chi connectivity index (χ0) is 14.4. The Kier molecular flexibility index (Phi) is 2.78. The summed E-state index contributed by atoms with van der Waals surface area (Å²) in [5.41, 5.74) is 1.04. The number of hydrogen-bond acceptors (Lipinski definition) is 3. The van der Waals surface area contributed by atoms with Crippen molar-refractivity contribution in [3.63, 3.8) is 0 Å². The molecule has 1 aliphatic rings. The molecule has 0 amide bonds. The first-order valence-electron chi connectivity index (χ1n) is 6.50. The summed E-state index contributed by atoms with van der Waals surface area (Å²) in [4.78, 5) is 23.5. The average Bonchev–Trinajstić information content (AvgIpc) is 3.24. The molecule has 1 saturated carbocycles. The number of hydrogen-bond donors (Lipinski definition) is 1. The molecule has 0 spiro atoms. The van der Waals surface area contributed by atoms with E-state index in [1.54, 1.807) is 19.2 Å². The molecular weight excluding hydrogens is 258 g/mol. The van der Waals surface area contributed by atoms with Crippen LogP contribution < -0.4 is 10.2 Å². The van der Waals surface area contributed by atoms with Gasteiger partial charge in [-0.15, -0.1) is 0 Å². The van der Waals surface area contributed by atoms with Gasteiger partial charge in [0, 0.05) is 23.2 Å². The molecule has 20 heavy (non-hydrogen) atoms. The van der Waals surface area contributed by atoms with Crippen molar-refractivity contribution in [3.8, 4) is 5.75 Å². The first kappa shape index (κ1) is 12.7. The largest absolute Gasteiger partial charge is 0.496 e. The van der Waals surface area contributed by atoms with Crippen molar-refractivity contribution in [1.29, 1.82) is 0 Å². The Morgan fingerprint density at radius 2 is 2.10 bits per heavy atom. The quantitative estimate of drug-likeness (QED) is 0.932. The Bertz CT molecular complexity index is 772. The van der Waals surface area contributed by atoms with E-state index in [1.165, 1.54) is 6.20 Å². The minimum Gasteiger partial charge on any atom is -0.496 e. The maximum Gasteiger partial charge on any atom is 0.341 e. The molecule has 1 fully saturated rings. The molecule has 0 bridgehead atoms. The highest BCUT2D eigenvalue weighted by Crippen LogP contribution is 2.38. The lowest BCUT2D eigenvalue weighted by Crippen LogP contribution is -2.19. The van der Waals surface area contributed by atoms with Gasteiger partial charge in [0.25, 0.3) is 0 Å². The normalized spacial score (nSPS) is 14.5. The van der Waals surface area contributed by atoms with Gasteiger partial charge in [0.15, 0.2) is 0 Å². The molecule has 3 rings (SSSR count). The molecule has 2 aromatic rings. The van der Waals surface area contributed by atoms with Crippen molar-refractivity contribution >= 4 is 16.9 Å². The summed E-state index contributed by atoms with van der Waals surface area (Å²) in [5.74, 6) is -0.478. The van der Waals surface area contributed by atoms with Crippen molar-refractivity contribution in [2.24, 2.45) is 0 Å². The second-order valence-electron chi connectivity index (χ2n) is 5.10. The number of pyridine rings is 1. The number of rotatable bonds is 3. The second-order valence-corrected chi connectivity index (χ2v) is 5.10. The van der Waals surface area contributed by atoms with E-state index in [-0.39, 0.29) is 11.6 Å². The molecule has 1 N–H and O–H groups in total. The van der Waals surface area contributed by atoms with Crippen molar-refractivity contribution in [3.05, 3.63) is 39.7 Å². The van der Waals surface area contributed by atoms with Gasteiger partial charge in [0.1, 0.15) is 11.3 Å². The summed E-state index contributed by atoms with van der Waals surface area (Å²) in [6, 6.07) is 3.64. The van der Waals surface area contributed by atoms with E-state index < -0.39 is 11.4 Å². The van der Waals surface area contributed by atoms with Crippen LogP contribution in [0.4, 0.5) is 0 Å². The Morgan fingerprint density at radius 3 is 2.65 bits per heavy atom. The molecule has 5 nitrogen and oxygen atoms in total. The maximum absolute atomic E-state index is 12.3. The SMILES string of the molecule is COc1ccc2c(=O)c(C(=O)O)cn(C3CC3)c2c1C. The van der Waals surface area contributed by atoms with Crippen LogP contribution in [0.3, 0.4) is 0 Å². The van der Waals surface area contributed by atoms with Gasteiger partial charge in [-0.1, -0.05) is 0 Å². The number of aryl methyl sites for hydroxylation is 1. The molecule has 0 unspecified atom stereocenters. The van der Waals surface area contributed by atoms with E-state index >= 15 is 0 Å². The molecule has 1 aromatic carbocycles. The highest BCUT2D eigenvalue weighted by molar-refractivity contribution is 5.94. The molecule has 0 aliphatic heterocycles. The van der Waals surface area contributed by atoms with Gasteiger partial charge >= 0.3 is 5.97 Å². The first-order chi connectivity index (χ1) is 9.54. The van der Waals surface area contributed by atoms with Crippen LogP contribution in [0.2, 0.25) is 0 Å². The number of methoxy groups -OCH3 is 1. The van der Waals surface area contributed by atoms with Gasteiger partial charge in [-0.3, -0.25) is 4.79 Å². The Morgan fingerprint density at radius 1 is 1.40 bits per heavy atom. The number of fused-ring (bicyclic) bond motifs is 1. The van der Waals surface area contributed by atoms with Crippen LogP contribution in [-0.2, 0) is 0 Å². The zero-order valence-corrected chi connectivity index (χ0v) is 11.3. The standard InChI is InChI=1S/C15H15NO4/c1-8-12(20-2)6-5-10-13(8)16(9-3-4-9)7-11(14(10)17)15(18)19/h5-7,9H,3-4H2,1-2H3,(H,18,19). The minimum atomic E-state index is -1.18. The lowest BCUT2D eigenvalue weighted by molar-refractivity contribution is 0.0695. The Balaban J connectivity index is 2.45. The van der Waals surface area contributed by atoms with Crippen molar-refractivity contribution in [2.45, 2.75) is 25.8 Å². The lowest BCUT2D eigenvalue weighted by Gasteiger charge is -2.15. The molecule has 1 aromatic heterocycles. The third kappa shape index (κ3) is 1.78. The smallest absolute Gasteiger partial charge is 0.341 e. The molecule has 0 radical (unpaired) electrons. The number of carboxylic acid groups (broad SMARTS) is 1. The summed E-state index contributed by atoms with van der Waals surface area (Å²) in [6.45, 7) is 1.89. The number of aromatic carboxylic acids is 1. The average molecular weight is 273 g/mol. The van der Waals surface area contributed by atoms with Gasteiger partial charge < -0.3 is 14.4 Å². The van der Waals surface area contributed by atoms with Crippen LogP contribution in [-0.4, -0.2) is 22.8 Å². The minimum absolute atomic E-state index is 0.172. The van der Waals surface area contributed by atoms with Crippen LogP contribution in [0.25, 0.3) is 10.9 Å². The van der Waals surface area contributed by atoms with Crippen molar-refractivity contribution < 1.29 is 14.6 Å². The summed E-state index contributed by atoms with van der Waals surface area (Å²) in [5, 5.41) is 9.62. The van der Waals surface area contributed by atoms with Crippen LogP contribution in [0.1, 0.15) is 34.8 Å². The van der Waals surface area contributed by atoms with Crippen molar-refractivity contribution in [2.75, 3.05) is 7.11 Å². The van der Waals surface area contributed by atoms with Crippen LogP contribution in [0, 0.1) is 6.92 Å². The summed E-state index contributed by atoms with van der Waals surface area (Å²) in [7, 11) is 1.58. The molecular formula is C15H15NO4. The fourth-order valence-corrected chi connectivity index (χ4v) is 2.62. The number of aromatic nitrogens is 1. The zero-order valence-electron chi connectivity index (χ0n) is 11.3. The summed E-state index contributed by atoms with van der Waals surface area (Å²) >= 11 is 0. The third-order valence-electron chi connectivity index (χ3n) is 3.79. The van der Waals surface area contributed by atoms with E-state index in [0.717, 1.165) is 23.9 Å². The van der Waals surface area contributed by atoms with E-state index in [1.807, 2.05) is 11.5 Å². The van der Waals surface area contributed by atoms with E-state index in [2.05, 4.69) is 0 Å². The molecule has 0 saturated heterocycles. The Hall–Kier alpha value is -2.30. The highest BCUT2D eigenvalue weighted by Gasteiger charge is 2.27. The van der Waals surface area contributed by atoms with Crippen LogP contribution in [0.15, 0.2) is 23.1 Å². The third-order valence-corrected chi connectivity index (χ3v) is 3.79. The molecule has 104 valence electrons. The van der Waals surface area contributed by atoms with E-state index in [4.69, 9.17) is 4.74 Å². The number of benzene rings is 1. The lowest BCUT2D eigenvalue weighted by atomic mass is 10.1.